The van der Waals surface area contributed by atoms with Crippen LogP contribution in [-0.4, -0.2) is 35.7 Å². The average molecular weight is 196 g/mol. The number of terminal acetylenes is 1. The highest BCUT2D eigenvalue weighted by Gasteiger charge is 2.29. The standard InChI is InChI=1S/C10H16N2O2/c1-3-4-11-10(14)7(2)12-8-5-9(13)6-8/h1,7-9,12-13H,4-6H2,2H3,(H,11,14). The summed E-state index contributed by atoms with van der Waals surface area (Å²) in [5.74, 6) is 2.25. The van der Waals surface area contributed by atoms with Crippen LogP contribution in [0.3, 0.4) is 0 Å². The first-order valence-electron chi connectivity index (χ1n) is 4.78. The molecule has 0 heterocycles. The Morgan fingerprint density at radius 3 is 2.86 bits per heavy atom. The Labute approximate surface area is 84.1 Å². The molecule has 0 saturated heterocycles. The van der Waals surface area contributed by atoms with Crippen molar-refractivity contribution in [3.05, 3.63) is 0 Å². The first kappa shape index (κ1) is 11.0. The number of aliphatic hydroxyl groups is 1. The van der Waals surface area contributed by atoms with Gasteiger partial charge in [0.15, 0.2) is 0 Å². The third-order valence-electron chi connectivity index (χ3n) is 2.36. The second kappa shape index (κ2) is 4.99. The monoisotopic (exact) mass is 196 g/mol. The Morgan fingerprint density at radius 2 is 2.36 bits per heavy atom. The summed E-state index contributed by atoms with van der Waals surface area (Å²) < 4.78 is 0. The number of nitrogens with one attached hydrogen (secondary N) is 2. The van der Waals surface area contributed by atoms with Gasteiger partial charge in [-0.25, -0.2) is 0 Å². The number of rotatable bonds is 4. The van der Waals surface area contributed by atoms with E-state index in [1.807, 2.05) is 0 Å². The summed E-state index contributed by atoms with van der Waals surface area (Å²) in [6.45, 7) is 2.05. The SMILES string of the molecule is C#CCNC(=O)C(C)NC1CC(O)C1. The fraction of sp³-hybridized carbons (Fsp3) is 0.700. The normalized spacial score (nSPS) is 27.2. The van der Waals surface area contributed by atoms with E-state index < -0.39 is 0 Å². The van der Waals surface area contributed by atoms with Crippen LogP contribution >= 0.6 is 0 Å². The van der Waals surface area contributed by atoms with Crippen molar-refractivity contribution in [2.45, 2.75) is 38.0 Å². The van der Waals surface area contributed by atoms with Gasteiger partial charge in [-0.05, 0) is 19.8 Å². The molecule has 14 heavy (non-hydrogen) atoms. The predicted octanol–water partition coefficient (Wildman–Crippen LogP) is -0.763. The van der Waals surface area contributed by atoms with Crippen molar-refractivity contribution in [3.8, 4) is 12.3 Å². The van der Waals surface area contributed by atoms with Gasteiger partial charge >= 0.3 is 0 Å². The maximum atomic E-state index is 11.3. The van der Waals surface area contributed by atoms with Crippen molar-refractivity contribution in [2.75, 3.05) is 6.54 Å². The van der Waals surface area contributed by atoms with Crippen LogP contribution in [0.5, 0.6) is 0 Å². The first-order chi connectivity index (χ1) is 6.63. The fourth-order valence-electron chi connectivity index (χ4n) is 1.44. The molecule has 1 aliphatic rings. The van der Waals surface area contributed by atoms with Crippen LogP contribution in [0.15, 0.2) is 0 Å². The summed E-state index contributed by atoms with van der Waals surface area (Å²) in [7, 11) is 0. The molecule has 1 amide bonds. The van der Waals surface area contributed by atoms with Crippen molar-refractivity contribution in [3.63, 3.8) is 0 Å². The van der Waals surface area contributed by atoms with Gasteiger partial charge in [-0.1, -0.05) is 5.92 Å². The zero-order valence-corrected chi connectivity index (χ0v) is 8.29. The first-order valence-corrected chi connectivity index (χ1v) is 4.78. The van der Waals surface area contributed by atoms with E-state index in [-0.39, 0.29) is 30.6 Å². The molecule has 78 valence electrons. The van der Waals surface area contributed by atoms with Crippen LogP contribution < -0.4 is 10.6 Å². The molecule has 0 radical (unpaired) electrons. The van der Waals surface area contributed by atoms with Gasteiger partial charge in [0.2, 0.25) is 5.91 Å². The summed E-state index contributed by atoms with van der Waals surface area (Å²) in [5.41, 5.74) is 0. The van der Waals surface area contributed by atoms with Crippen molar-refractivity contribution in [2.24, 2.45) is 0 Å². The molecular weight excluding hydrogens is 180 g/mol. The van der Waals surface area contributed by atoms with E-state index in [0.717, 1.165) is 12.8 Å². The largest absolute Gasteiger partial charge is 0.393 e. The summed E-state index contributed by atoms with van der Waals surface area (Å²) >= 11 is 0. The lowest BCUT2D eigenvalue weighted by Gasteiger charge is -2.34. The van der Waals surface area contributed by atoms with Gasteiger partial charge in [0.25, 0.3) is 0 Å². The molecule has 3 N–H and O–H groups in total. The number of hydrogen-bond donors (Lipinski definition) is 3. The maximum Gasteiger partial charge on any atom is 0.237 e. The molecule has 0 aromatic rings. The van der Waals surface area contributed by atoms with E-state index in [0.29, 0.717) is 0 Å². The summed E-state index contributed by atoms with van der Waals surface area (Å²) in [6.07, 6.45) is 6.27. The van der Waals surface area contributed by atoms with E-state index in [1.165, 1.54) is 0 Å². The van der Waals surface area contributed by atoms with Gasteiger partial charge < -0.3 is 15.7 Å². The molecule has 1 rings (SSSR count). The molecule has 1 atom stereocenters. The van der Waals surface area contributed by atoms with Gasteiger partial charge in [-0.2, -0.15) is 0 Å². The summed E-state index contributed by atoms with van der Waals surface area (Å²) in [4.78, 5) is 11.3. The van der Waals surface area contributed by atoms with Crippen LogP contribution in [0.1, 0.15) is 19.8 Å². The van der Waals surface area contributed by atoms with Gasteiger partial charge in [0.05, 0.1) is 18.7 Å². The highest BCUT2D eigenvalue weighted by atomic mass is 16.3. The summed E-state index contributed by atoms with van der Waals surface area (Å²) in [5, 5.41) is 14.8. The molecule has 0 aromatic carbocycles. The molecule has 1 saturated carbocycles. The number of carbonyl (C=O) groups excluding carboxylic acids is 1. The third kappa shape index (κ3) is 3.02. The Hall–Kier alpha value is -1.05. The van der Waals surface area contributed by atoms with Crippen LogP contribution in [0.2, 0.25) is 0 Å². The zero-order chi connectivity index (χ0) is 10.6. The molecule has 0 aromatic heterocycles. The van der Waals surface area contributed by atoms with Crippen molar-refractivity contribution < 1.29 is 9.90 Å². The summed E-state index contributed by atoms with van der Waals surface area (Å²) in [6, 6.07) is 0.0115. The minimum Gasteiger partial charge on any atom is -0.393 e. The van der Waals surface area contributed by atoms with E-state index >= 15 is 0 Å². The van der Waals surface area contributed by atoms with Crippen LogP contribution in [0.25, 0.3) is 0 Å². The molecule has 4 nitrogen and oxygen atoms in total. The van der Waals surface area contributed by atoms with Crippen LogP contribution in [0, 0.1) is 12.3 Å². The Morgan fingerprint density at radius 1 is 1.71 bits per heavy atom. The lowest BCUT2D eigenvalue weighted by molar-refractivity contribution is -0.123. The van der Waals surface area contributed by atoms with Gasteiger partial charge in [0.1, 0.15) is 0 Å². The molecule has 4 heteroatoms. The molecule has 0 aliphatic heterocycles. The lowest BCUT2D eigenvalue weighted by atomic mass is 9.89. The lowest BCUT2D eigenvalue weighted by Crippen LogP contribution is -2.52. The van der Waals surface area contributed by atoms with E-state index in [9.17, 15) is 4.79 Å². The Bertz CT molecular complexity index is 241. The second-order valence-electron chi connectivity index (χ2n) is 3.63. The molecule has 1 unspecified atom stereocenters. The minimum absolute atomic E-state index is 0.0932. The van der Waals surface area contributed by atoms with Gasteiger partial charge in [-0.3, -0.25) is 4.79 Å². The van der Waals surface area contributed by atoms with Gasteiger partial charge in [0, 0.05) is 6.04 Å². The second-order valence-corrected chi connectivity index (χ2v) is 3.63. The number of aliphatic hydroxyl groups excluding tert-OH is 1. The Kier molecular flexibility index (Phi) is 3.93. The molecule has 0 spiro atoms. The topological polar surface area (TPSA) is 61.4 Å². The maximum absolute atomic E-state index is 11.3. The van der Waals surface area contributed by atoms with E-state index in [4.69, 9.17) is 11.5 Å². The Balaban J connectivity index is 2.18. The van der Waals surface area contributed by atoms with Crippen LogP contribution in [-0.2, 0) is 4.79 Å². The van der Waals surface area contributed by atoms with Crippen molar-refractivity contribution in [1.29, 1.82) is 0 Å². The molecule has 1 fully saturated rings. The highest BCUT2D eigenvalue weighted by molar-refractivity contribution is 5.81. The smallest absolute Gasteiger partial charge is 0.237 e. The fourth-order valence-corrected chi connectivity index (χ4v) is 1.44. The highest BCUT2D eigenvalue weighted by Crippen LogP contribution is 2.19. The third-order valence-corrected chi connectivity index (χ3v) is 2.36. The zero-order valence-electron chi connectivity index (χ0n) is 8.29. The predicted molar refractivity (Wildman–Crippen MR) is 53.5 cm³/mol. The minimum atomic E-state index is -0.249. The number of amides is 1. The average Bonchev–Trinajstić information content (AvgIpc) is 2.11. The number of carbonyl (C=O) groups is 1. The van der Waals surface area contributed by atoms with Gasteiger partial charge in [-0.15, -0.1) is 6.42 Å². The molecule has 0 bridgehead atoms. The number of hydrogen-bond acceptors (Lipinski definition) is 3. The van der Waals surface area contributed by atoms with Crippen LogP contribution in [0.4, 0.5) is 0 Å². The molecular formula is C10H16N2O2. The van der Waals surface area contributed by atoms with E-state index in [2.05, 4.69) is 16.6 Å². The van der Waals surface area contributed by atoms with Crippen molar-refractivity contribution in [1.82, 2.24) is 10.6 Å². The molecule has 1 aliphatic carbocycles. The van der Waals surface area contributed by atoms with Crippen molar-refractivity contribution >= 4 is 5.91 Å². The van der Waals surface area contributed by atoms with E-state index in [1.54, 1.807) is 6.92 Å². The quantitative estimate of drug-likeness (QED) is 0.518.